The van der Waals surface area contributed by atoms with Gasteiger partial charge in [0, 0.05) is 18.0 Å². The molecule has 0 radical (unpaired) electrons. The van der Waals surface area contributed by atoms with Crippen molar-refractivity contribution in [3.63, 3.8) is 0 Å². The molecule has 0 spiro atoms. The van der Waals surface area contributed by atoms with Crippen molar-refractivity contribution in [3.8, 4) is 0 Å². The molecule has 5 nitrogen and oxygen atoms in total. The lowest BCUT2D eigenvalue weighted by atomic mass is 9.87. The van der Waals surface area contributed by atoms with Gasteiger partial charge < -0.3 is 5.32 Å². The minimum Gasteiger partial charge on any atom is -0.356 e. The fourth-order valence-electron chi connectivity index (χ4n) is 3.65. The van der Waals surface area contributed by atoms with Gasteiger partial charge in [0.25, 0.3) is 5.56 Å². The lowest BCUT2D eigenvalue weighted by molar-refractivity contribution is -0.137. The maximum absolute atomic E-state index is 12.8. The van der Waals surface area contributed by atoms with Gasteiger partial charge in [0.2, 0.25) is 6.41 Å². The van der Waals surface area contributed by atoms with Crippen LogP contribution in [0.15, 0.2) is 23.0 Å². The Morgan fingerprint density at radius 3 is 2.33 bits per heavy atom. The normalized spacial score (nSPS) is 19.3. The van der Waals surface area contributed by atoms with E-state index in [1.165, 1.54) is 36.4 Å². The quantitative estimate of drug-likeness (QED) is 0.711. The summed E-state index contributed by atoms with van der Waals surface area (Å²) in [6.07, 6.45) is 1.26. The molecule has 1 aromatic carbocycles. The van der Waals surface area contributed by atoms with E-state index in [0.717, 1.165) is 24.5 Å². The predicted octanol–water partition coefficient (Wildman–Crippen LogP) is 4.87. The minimum absolute atomic E-state index is 0.0700. The van der Waals surface area contributed by atoms with E-state index < -0.39 is 11.7 Å². The highest BCUT2D eigenvalue weighted by molar-refractivity contribution is 5.84. The molecule has 1 N–H and O–H groups in total. The lowest BCUT2D eigenvalue weighted by Crippen LogP contribution is -2.31. The van der Waals surface area contributed by atoms with Crippen LogP contribution >= 0.6 is 0 Å². The van der Waals surface area contributed by atoms with E-state index in [9.17, 15) is 22.8 Å². The minimum atomic E-state index is -4.43. The number of aryl methyl sites for hydroxylation is 1. The van der Waals surface area contributed by atoms with Crippen molar-refractivity contribution in [3.05, 3.63) is 39.8 Å². The van der Waals surface area contributed by atoms with Crippen LogP contribution in [0.2, 0.25) is 0 Å². The molecule has 0 bridgehead atoms. The Kier molecular flexibility index (Phi) is 8.03. The first-order valence-electron chi connectivity index (χ1n) is 10.4. The van der Waals surface area contributed by atoms with E-state index in [4.69, 9.17) is 0 Å². The largest absolute Gasteiger partial charge is 0.416 e. The first kappa shape index (κ1) is 23.9. The average molecular weight is 425 g/mol. The maximum atomic E-state index is 12.8. The van der Waals surface area contributed by atoms with E-state index in [2.05, 4.69) is 17.3 Å². The monoisotopic (exact) mass is 425 g/mol. The van der Waals surface area contributed by atoms with Crippen LogP contribution in [0.5, 0.6) is 0 Å². The number of carbonyl (C=O) groups excluding carboxylic acids is 1. The molecule has 1 aromatic heterocycles. The molecule has 166 valence electrons. The van der Waals surface area contributed by atoms with Crippen molar-refractivity contribution < 1.29 is 18.0 Å². The van der Waals surface area contributed by atoms with E-state index in [1.54, 1.807) is 6.92 Å². The van der Waals surface area contributed by atoms with Gasteiger partial charge in [0.15, 0.2) is 0 Å². The fraction of sp³-hybridized carbons (Fsp3) is 0.591. The molecular formula is C22H30F3N3O2. The van der Waals surface area contributed by atoms with Crippen LogP contribution in [-0.2, 0) is 17.5 Å². The van der Waals surface area contributed by atoms with Gasteiger partial charge in [-0.05, 0) is 62.6 Å². The molecule has 0 aliphatic heterocycles. The number of nitrogens with one attached hydrogen (secondary N) is 1. The maximum Gasteiger partial charge on any atom is 0.416 e. The van der Waals surface area contributed by atoms with Crippen LogP contribution in [0.1, 0.15) is 70.6 Å². The van der Waals surface area contributed by atoms with E-state index >= 15 is 0 Å². The van der Waals surface area contributed by atoms with Crippen LogP contribution in [0.4, 0.5) is 13.2 Å². The zero-order valence-electron chi connectivity index (χ0n) is 17.9. The van der Waals surface area contributed by atoms with Crippen molar-refractivity contribution in [1.29, 1.82) is 0 Å². The summed E-state index contributed by atoms with van der Waals surface area (Å²) in [7, 11) is 0. The third-order valence-electron chi connectivity index (χ3n) is 5.48. The van der Waals surface area contributed by atoms with Gasteiger partial charge in [-0.2, -0.15) is 18.3 Å². The topological polar surface area (TPSA) is 64.0 Å². The average Bonchev–Trinajstić information content (AvgIpc) is 2.69. The molecule has 0 unspecified atom stereocenters. The number of alkyl halides is 3. The summed E-state index contributed by atoms with van der Waals surface area (Å²) in [5.74, 6) is 0.795. The summed E-state index contributed by atoms with van der Waals surface area (Å²) in [6, 6.07) is 3.65. The summed E-state index contributed by atoms with van der Waals surface area (Å²) in [4.78, 5) is 22.2. The summed E-state index contributed by atoms with van der Waals surface area (Å²) in [6.45, 7) is 8.11. The lowest BCUT2D eigenvalue weighted by Gasteiger charge is -2.25. The second-order valence-corrected chi connectivity index (χ2v) is 8.16. The number of benzene rings is 1. The van der Waals surface area contributed by atoms with Crippen molar-refractivity contribution >= 4 is 17.2 Å². The third kappa shape index (κ3) is 5.83. The smallest absolute Gasteiger partial charge is 0.356 e. The van der Waals surface area contributed by atoms with Crippen LogP contribution < -0.4 is 10.9 Å². The number of halogens is 3. The van der Waals surface area contributed by atoms with Gasteiger partial charge in [-0.3, -0.25) is 9.59 Å². The van der Waals surface area contributed by atoms with Crippen LogP contribution in [-0.4, -0.2) is 22.2 Å². The molecule has 30 heavy (non-hydrogen) atoms. The predicted molar refractivity (Wildman–Crippen MR) is 111 cm³/mol. The molecule has 8 heteroatoms. The molecular weight excluding hydrogens is 395 g/mol. The summed E-state index contributed by atoms with van der Waals surface area (Å²) in [5.41, 5.74) is -0.615. The van der Waals surface area contributed by atoms with Crippen LogP contribution in [0, 0.1) is 5.92 Å². The van der Waals surface area contributed by atoms with Crippen molar-refractivity contribution in [1.82, 2.24) is 15.1 Å². The first-order chi connectivity index (χ1) is 14.1. The zero-order chi connectivity index (χ0) is 22.5. The zero-order valence-corrected chi connectivity index (χ0v) is 17.9. The van der Waals surface area contributed by atoms with Gasteiger partial charge in [-0.15, -0.1) is 0 Å². The Hall–Kier alpha value is -2.38. The molecule has 1 aliphatic rings. The third-order valence-corrected chi connectivity index (χ3v) is 5.48. The number of carbonyl (C=O) groups is 1. The van der Waals surface area contributed by atoms with E-state index in [1.807, 2.05) is 13.8 Å². The molecule has 3 rings (SSSR count). The Balaban J connectivity index is 0.000000269. The number of rotatable bonds is 4. The number of nitrogens with zero attached hydrogens (tertiary/aromatic N) is 2. The number of fused-ring (bicyclic) bond motifs is 1. The Morgan fingerprint density at radius 2 is 1.83 bits per heavy atom. The number of hydrogen-bond donors (Lipinski definition) is 1. The van der Waals surface area contributed by atoms with Gasteiger partial charge in [-0.25, -0.2) is 4.68 Å². The highest BCUT2D eigenvalue weighted by atomic mass is 19.4. The Labute approximate surface area is 174 Å². The molecule has 1 saturated carbocycles. The highest BCUT2D eigenvalue weighted by Crippen LogP contribution is 2.32. The van der Waals surface area contributed by atoms with Gasteiger partial charge in [-0.1, -0.05) is 20.8 Å². The molecule has 0 atom stereocenters. The van der Waals surface area contributed by atoms with E-state index in [-0.39, 0.29) is 22.2 Å². The van der Waals surface area contributed by atoms with Crippen molar-refractivity contribution in [2.45, 2.75) is 78.1 Å². The molecule has 1 fully saturated rings. The SMILES string of the molecule is CC1CCC(NC=O)CC1.CCn1nc(C(C)C)c2cc(C(F)(F)F)ccc2c1=O. The molecule has 1 amide bonds. The van der Waals surface area contributed by atoms with E-state index in [0.29, 0.717) is 18.3 Å². The van der Waals surface area contributed by atoms with Gasteiger partial charge >= 0.3 is 6.18 Å². The summed E-state index contributed by atoms with van der Waals surface area (Å²) >= 11 is 0. The molecule has 1 aliphatic carbocycles. The standard InChI is InChI=1S/C14H15F3N2O.C8H15NO/c1-4-19-13(20)10-6-5-9(14(15,16)17)7-11(10)12(18-19)8(2)3;1-7-2-4-8(5-3-7)9-6-10/h5-8H,4H2,1-3H3;6-8H,2-5H2,1H3,(H,9,10). The van der Waals surface area contributed by atoms with Crippen molar-refractivity contribution in [2.75, 3.05) is 0 Å². The molecule has 0 saturated heterocycles. The Bertz CT molecular complexity index is 914. The number of amides is 1. The Morgan fingerprint density at radius 1 is 1.20 bits per heavy atom. The first-order valence-corrected chi connectivity index (χ1v) is 10.4. The fourth-order valence-corrected chi connectivity index (χ4v) is 3.65. The van der Waals surface area contributed by atoms with Gasteiger partial charge in [0.05, 0.1) is 16.6 Å². The van der Waals surface area contributed by atoms with Crippen LogP contribution in [0.25, 0.3) is 10.8 Å². The van der Waals surface area contributed by atoms with Crippen molar-refractivity contribution in [2.24, 2.45) is 5.92 Å². The second kappa shape index (κ2) is 10.1. The number of hydrogen-bond acceptors (Lipinski definition) is 3. The van der Waals surface area contributed by atoms with Crippen LogP contribution in [0.3, 0.4) is 0 Å². The number of aromatic nitrogens is 2. The van der Waals surface area contributed by atoms with Gasteiger partial charge in [0.1, 0.15) is 0 Å². The molecule has 2 aromatic rings. The highest BCUT2D eigenvalue weighted by Gasteiger charge is 2.31. The summed E-state index contributed by atoms with van der Waals surface area (Å²) < 4.78 is 39.7. The summed E-state index contributed by atoms with van der Waals surface area (Å²) in [5, 5.41) is 7.56. The second-order valence-electron chi connectivity index (χ2n) is 8.16. The molecule has 1 heterocycles.